The summed E-state index contributed by atoms with van der Waals surface area (Å²) in [4.78, 5) is 23.4. The van der Waals surface area contributed by atoms with Crippen molar-refractivity contribution in [3.63, 3.8) is 0 Å². The second-order valence-corrected chi connectivity index (χ2v) is 6.64. The van der Waals surface area contributed by atoms with E-state index >= 15 is 0 Å². The molecule has 0 spiro atoms. The van der Waals surface area contributed by atoms with Gasteiger partial charge in [-0.15, -0.1) is 0 Å². The van der Waals surface area contributed by atoms with Crippen LogP contribution in [0.2, 0.25) is 10.0 Å². The molecule has 26 heavy (non-hydrogen) atoms. The number of hydrogen-bond acceptors (Lipinski definition) is 3. The van der Waals surface area contributed by atoms with E-state index in [-0.39, 0.29) is 17.0 Å². The highest BCUT2D eigenvalue weighted by atomic mass is 35.5. The lowest BCUT2D eigenvalue weighted by atomic mass is 10.1. The van der Waals surface area contributed by atoms with Crippen LogP contribution in [0, 0.1) is 5.82 Å². The predicted molar refractivity (Wildman–Crippen MR) is 101 cm³/mol. The zero-order chi connectivity index (χ0) is 19.4. The zero-order valence-corrected chi connectivity index (χ0v) is 15.7. The predicted octanol–water partition coefficient (Wildman–Crippen LogP) is 3.91. The summed E-state index contributed by atoms with van der Waals surface area (Å²) in [5.74, 6) is -1.42. The molecule has 0 aliphatic heterocycles. The number of carbonyl (C=O) groups excluding carboxylic acids is 2. The van der Waals surface area contributed by atoms with Crippen molar-refractivity contribution >= 4 is 40.7 Å². The molecule has 8 heteroatoms. The number of nitrogens with one attached hydrogen (secondary N) is 2. The minimum atomic E-state index is -0.587. The second-order valence-electron chi connectivity index (χ2n) is 5.83. The van der Waals surface area contributed by atoms with Gasteiger partial charge in [0.1, 0.15) is 5.82 Å². The van der Waals surface area contributed by atoms with Gasteiger partial charge in [0.05, 0.1) is 11.1 Å². The lowest BCUT2D eigenvalue weighted by Crippen LogP contribution is -2.39. The van der Waals surface area contributed by atoms with Crippen molar-refractivity contribution in [3.05, 3.63) is 63.4 Å². The molecule has 0 radical (unpaired) electrons. The molecule has 0 aliphatic rings. The number of anilines is 1. The first-order valence-electron chi connectivity index (χ1n) is 7.80. The maximum absolute atomic E-state index is 13.7. The third kappa shape index (κ3) is 4.94. The number of halogens is 3. The van der Waals surface area contributed by atoms with Crippen LogP contribution in [-0.2, 0) is 4.79 Å². The summed E-state index contributed by atoms with van der Waals surface area (Å²) >= 11 is 11.8. The fourth-order valence-corrected chi connectivity index (χ4v) is 2.93. The molecular formula is C18H18Cl2FN3O2. The quantitative estimate of drug-likeness (QED) is 0.645. The summed E-state index contributed by atoms with van der Waals surface area (Å²) in [5, 5.41) is 6.02. The smallest absolute Gasteiger partial charge is 0.248 e. The Morgan fingerprint density at radius 2 is 1.69 bits per heavy atom. The van der Waals surface area contributed by atoms with E-state index in [0.29, 0.717) is 21.8 Å². The van der Waals surface area contributed by atoms with Crippen LogP contribution in [0.15, 0.2) is 36.4 Å². The maximum Gasteiger partial charge on any atom is 0.248 e. The number of benzene rings is 2. The minimum Gasteiger partial charge on any atom is -0.366 e. The number of primary amides is 1. The molecule has 0 aliphatic carbocycles. The van der Waals surface area contributed by atoms with Crippen LogP contribution in [-0.4, -0.2) is 17.9 Å². The molecule has 0 fully saturated rings. The Labute approximate surface area is 160 Å². The van der Waals surface area contributed by atoms with Crippen LogP contribution in [0.3, 0.4) is 0 Å². The summed E-state index contributed by atoms with van der Waals surface area (Å²) in [6, 6.07) is 7.82. The largest absolute Gasteiger partial charge is 0.366 e. The SMILES string of the molecule is C[C@@H](N[C@H](C)c1cc(F)c(Cl)cc1Cl)C(=O)Nc1ccc(C(N)=O)cc1. The van der Waals surface area contributed by atoms with Crippen LogP contribution in [0.5, 0.6) is 0 Å². The molecule has 138 valence electrons. The van der Waals surface area contributed by atoms with E-state index in [0.717, 1.165) is 0 Å². The van der Waals surface area contributed by atoms with Crippen molar-refractivity contribution in [1.82, 2.24) is 5.32 Å². The fraction of sp³-hybridized carbons (Fsp3) is 0.222. The molecule has 0 saturated carbocycles. The maximum atomic E-state index is 13.7. The van der Waals surface area contributed by atoms with E-state index < -0.39 is 17.8 Å². The third-order valence-electron chi connectivity index (χ3n) is 3.84. The molecule has 0 bridgehead atoms. The third-order valence-corrected chi connectivity index (χ3v) is 4.45. The van der Waals surface area contributed by atoms with Gasteiger partial charge in [-0.25, -0.2) is 4.39 Å². The molecule has 2 amide bonds. The van der Waals surface area contributed by atoms with Crippen molar-refractivity contribution < 1.29 is 14.0 Å². The summed E-state index contributed by atoms with van der Waals surface area (Å²) in [7, 11) is 0. The molecule has 2 aromatic rings. The summed E-state index contributed by atoms with van der Waals surface area (Å²) in [5.41, 5.74) is 6.55. The molecule has 2 rings (SSSR count). The zero-order valence-electron chi connectivity index (χ0n) is 14.1. The number of nitrogens with two attached hydrogens (primary N) is 1. The Balaban J connectivity index is 2.02. The molecular weight excluding hydrogens is 380 g/mol. The van der Waals surface area contributed by atoms with Gasteiger partial charge in [-0.1, -0.05) is 23.2 Å². The van der Waals surface area contributed by atoms with Gasteiger partial charge in [0.25, 0.3) is 0 Å². The Hall–Kier alpha value is -2.15. The average molecular weight is 398 g/mol. The van der Waals surface area contributed by atoms with E-state index in [1.165, 1.54) is 24.3 Å². The van der Waals surface area contributed by atoms with E-state index in [2.05, 4.69) is 10.6 Å². The Morgan fingerprint density at radius 1 is 1.08 bits per heavy atom. The summed E-state index contributed by atoms with van der Waals surface area (Å²) < 4.78 is 13.7. The van der Waals surface area contributed by atoms with Crippen LogP contribution in [0.4, 0.5) is 10.1 Å². The minimum absolute atomic E-state index is 0.0591. The van der Waals surface area contributed by atoms with Crippen LogP contribution in [0.25, 0.3) is 0 Å². The van der Waals surface area contributed by atoms with Crippen molar-refractivity contribution in [2.75, 3.05) is 5.32 Å². The van der Waals surface area contributed by atoms with Crippen molar-refractivity contribution in [2.24, 2.45) is 5.73 Å². The molecule has 0 saturated heterocycles. The van der Waals surface area contributed by atoms with Crippen LogP contribution in [0.1, 0.15) is 35.8 Å². The average Bonchev–Trinajstić information content (AvgIpc) is 2.58. The van der Waals surface area contributed by atoms with Gasteiger partial charge in [-0.2, -0.15) is 0 Å². The van der Waals surface area contributed by atoms with E-state index in [4.69, 9.17) is 28.9 Å². The van der Waals surface area contributed by atoms with E-state index in [9.17, 15) is 14.0 Å². The van der Waals surface area contributed by atoms with Crippen LogP contribution >= 0.6 is 23.2 Å². The van der Waals surface area contributed by atoms with Gasteiger partial charge in [0.15, 0.2) is 0 Å². The van der Waals surface area contributed by atoms with Gasteiger partial charge in [0, 0.05) is 22.3 Å². The number of carbonyl (C=O) groups is 2. The Kier molecular flexibility index (Phi) is 6.58. The summed E-state index contributed by atoms with van der Waals surface area (Å²) in [6.07, 6.45) is 0. The standard InChI is InChI=1S/C18H18Cl2FN3O2/c1-9(13-7-16(21)15(20)8-14(13)19)23-10(2)18(26)24-12-5-3-11(4-6-12)17(22)25/h3-10,23H,1-2H3,(H2,22,25)(H,24,26)/t9-,10-/m1/s1. The van der Waals surface area contributed by atoms with Gasteiger partial charge >= 0.3 is 0 Å². The van der Waals surface area contributed by atoms with Gasteiger partial charge in [-0.3, -0.25) is 14.9 Å². The highest BCUT2D eigenvalue weighted by Crippen LogP contribution is 2.28. The normalized spacial score (nSPS) is 13.1. The highest BCUT2D eigenvalue weighted by molar-refractivity contribution is 6.35. The van der Waals surface area contributed by atoms with Crippen molar-refractivity contribution in [3.8, 4) is 0 Å². The molecule has 2 atom stereocenters. The number of amides is 2. The van der Waals surface area contributed by atoms with Crippen molar-refractivity contribution in [1.29, 1.82) is 0 Å². The lowest BCUT2D eigenvalue weighted by Gasteiger charge is -2.21. The summed E-state index contributed by atoms with van der Waals surface area (Å²) in [6.45, 7) is 3.43. The van der Waals surface area contributed by atoms with Gasteiger partial charge in [-0.05, 0) is 55.8 Å². The van der Waals surface area contributed by atoms with Gasteiger partial charge < -0.3 is 11.1 Å². The molecule has 4 N–H and O–H groups in total. The molecule has 0 aromatic heterocycles. The molecule has 5 nitrogen and oxygen atoms in total. The second kappa shape index (κ2) is 8.49. The molecule has 0 unspecified atom stereocenters. The van der Waals surface area contributed by atoms with E-state index in [1.807, 2.05) is 0 Å². The van der Waals surface area contributed by atoms with Gasteiger partial charge in [0.2, 0.25) is 11.8 Å². The lowest BCUT2D eigenvalue weighted by molar-refractivity contribution is -0.117. The first-order valence-corrected chi connectivity index (χ1v) is 8.56. The molecule has 2 aromatic carbocycles. The highest BCUT2D eigenvalue weighted by Gasteiger charge is 2.19. The van der Waals surface area contributed by atoms with Crippen LogP contribution < -0.4 is 16.4 Å². The first-order chi connectivity index (χ1) is 12.2. The fourth-order valence-electron chi connectivity index (χ4n) is 2.38. The topological polar surface area (TPSA) is 84.2 Å². The number of rotatable bonds is 6. The number of hydrogen-bond donors (Lipinski definition) is 3. The Bertz CT molecular complexity index is 828. The molecule has 0 heterocycles. The monoisotopic (exact) mass is 397 g/mol. The van der Waals surface area contributed by atoms with E-state index in [1.54, 1.807) is 26.0 Å². The van der Waals surface area contributed by atoms with Crippen molar-refractivity contribution in [2.45, 2.75) is 25.9 Å². The first kappa shape index (κ1) is 20.2. The Morgan fingerprint density at radius 3 is 2.27 bits per heavy atom.